The lowest BCUT2D eigenvalue weighted by molar-refractivity contribution is -0.286. The number of amides is 1. The molecule has 0 atom stereocenters. The maximum atomic E-state index is 13.4. The molecular weight excluding hydrogens is 442 g/mol. The van der Waals surface area contributed by atoms with Crippen LogP contribution in [0, 0.1) is 6.92 Å². The molecule has 1 N–H and O–H groups in total. The van der Waals surface area contributed by atoms with Gasteiger partial charge in [-0.3, -0.25) is 9.59 Å². The van der Waals surface area contributed by atoms with Crippen molar-refractivity contribution in [2.45, 2.75) is 44.8 Å². The summed E-state index contributed by atoms with van der Waals surface area (Å²) in [6.45, 7) is 3.74. The molecule has 1 aliphatic heterocycles. The molecule has 174 valence electrons. The van der Waals surface area contributed by atoms with Gasteiger partial charge in [0.25, 0.3) is 0 Å². The number of rotatable bonds is 6. The van der Waals surface area contributed by atoms with Gasteiger partial charge < -0.3 is 14.8 Å². The smallest absolute Gasteiger partial charge is 0.395 e. The Morgan fingerprint density at radius 1 is 1.00 bits per heavy atom. The Bertz CT molecular complexity index is 1300. The minimum absolute atomic E-state index is 0.0542. The molecule has 1 amide bonds. The number of nitrogens with zero attached hydrogens (tertiary/aromatic N) is 1. The molecular formula is C26H22F2N2O4. The van der Waals surface area contributed by atoms with E-state index in [-0.39, 0.29) is 23.2 Å². The van der Waals surface area contributed by atoms with E-state index in [1.54, 1.807) is 24.3 Å². The van der Waals surface area contributed by atoms with Crippen LogP contribution >= 0.6 is 0 Å². The fourth-order valence-electron chi connectivity index (χ4n) is 4.16. The van der Waals surface area contributed by atoms with Gasteiger partial charge in [0.15, 0.2) is 17.3 Å². The van der Waals surface area contributed by atoms with Crippen LogP contribution in [0.3, 0.4) is 0 Å². The Morgan fingerprint density at radius 2 is 1.71 bits per heavy atom. The van der Waals surface area contributed by atoms with E-state index in [2.05, 4.69) is 19.8 Å². The number of carbonyl (C=O) groups excluding carboxylic acids is 2. The van der Waals surface area contributed by atoms with Crippen LogP contribution in [0.4, 0.5) is 14.6 Å². The third kappa shape index (κ3) is 3.89. The molecule has 3 aromatic rings. The summed E-state index contributed by atoms with van der Waals surface area (Å²) in [7, 11) is 0. The molecule has 2 aliphatic rings. The average Bonchev–Trinajstić information content (AvgIpc) is 3.57. The first-order valence-corrected chi connectivity index (χ1v) is 11.0. The minimum atomic E-state index is -3.70. The van der Waals surface area contributed by atoms with Crippen molar-refractivity contribution in [2.75, 3.05) is 5.32 Å². The van der Waals surface area contributed by atoms with Gasteiger partial charge in [-0.15, -0.1) is 8.78 Å². The zero-order valence-electron chi connectivity index (χ0n) is 18.7. The number of ether oxygens (including phenoxy) is 2. The molecule has 0 saturated heterocycles. The van der Waals surface area contributed by atoms with Crippen LogP contribution in [-0.2, 0) is 10.2 Å². The van der Waals surface area contributed by atoms with Crippen LogP contribution in [0.1, 0.15) is 47.7 Å². The Labute approximate surface area is 194 Å². The molecule has 5 rings (SSSR count). The van der Waals surface area contributed by atoms with Crippen LogP contribution in [0.5, 0.6) is 11.5 Å². The Morgan fingerprint density at radius 3 is 2.38 bits per heavy atom. The summed E-state index contributed by atoms with van der Waals surface area (Å²) in [6, 6.07) is 15.3. The lowest BCUT2D eigenvalue weighted by Crippen LogP contribution is -2.28. The summed E-state index contributed by atoms with van der Waals surface area (Å²) < 4.78 is 35.7. The Kier molecular flexibility index (Phi) is 5.11. The van der Waals surface area contributed by atoms with Crippen LogP contribution in [0.25, 0.3) is 11.3 Å². The number of ketones is 1. The van der Waals surface area contributed by atoms with Crippen LogP contribution in [0.2, 0.25) is 0 Å². The predicted octanol–water partition coefficient (Wildman–Crippen LogP) is 5.64. The molecule has 2 aromatic carbocycles. The van der Waals surface area contributed by atoms with Gasteiger partial charge in [0.2, 0.25) is 5.91 Å². The maximum absolute atomic E-state index is 13.4. The standard InChI is InChI=1S/C26H22F2N2O4/c1-3-19(31)16-5-7-17(8-6-16)23-15(2)4-11-22(29-23)30-24(32)25(12-13-25)18-9-10-20-21(14-18)34-26(27,28)33-20/h4-11,14H,3,12-13H2,1-2H3,(H,29,30,32). The minimum Gasteiger partial charge on any atom is -0.395 e. The van der Waals surface area contributed by atoms with E-state index >= 15 is 0 Å². The number of hydrogen-bond acceptors (Lipinski definition) is 5. The number of Topliss-reactive ketones (excluding diaryl/α,β-unsaturated/α-hetero) is 1. The van der Waals surface area contributed by atoms with Gasteiger partial charge in [-0.1, -0.05) is 43.3 Å². The number of hydrogen-bond donors (Lipinski definition) is 1. The number of nitrogens with one attached hydrogen (secondary N) is 1. The summed E-state index contributed by atoms with van der Waals surface area (Å²) in [5, 5.41) is 2.88. The summed E-state index contributed by atoms with van der Waals surface area (Å²) in [6.07, 6.45) is -2.10. The highest BCUT2D eigenvalue weighted by Crippen LogP contribution is 2.52. The third-order valence-electron chi connectivity index (χ3n) is 6.28. The van der Waals surface area contributed by atoms with Gasteiger partial charge in [-0.05, 0) is 49.1 Å². The largest absolute Gasteiger partial charge is 0.586 e. The molecule has 0 bridgehead atoms. The number of aromatic nitrogens is 1. The van der Waals surface area contributed by atoms with Crippen molar-refractivity contribution < 1.29 is 27.8 Å². The second-order valence-electron chi connectivity index (χ2n) is 8.58. The number of pyridine rings is 1. The molecule has 34 heavy (non-hydrogen) atoms. The third-order valence-corrected chi connectivity index (χ3v) is 6.28. The van der Waals surface area contributed by atoms with E-state index in [1.807, 2.05) is 32.0 Å². The van der Waals surface area contributed by atoms with E-state index in [0.29, 0.717) is 41.9 Å². The molecule has 1 aliphatic carbocycles. The summed E-state index contributed by atoms with van der Waals surface area (Å²) in [5.74, 6) is 0.0603. The van der Waals surface area contributed by atoms with Crippen molar-refractivity contribution in [3.8, 4) is 22.8 Å². The number of benzene rings is 2. The summed E-state index contributed by atoms with van der Waals surface area (Å²) >= 11 is 0. The first-order valence-electron chi connectivity index (χ1n) is 11.0. The van der Waals surface area contributed by atoms with Crippen molar-refractivity contribution >= 4 is 17.5 Å². The number of aryl methyl sites for hydroxylation is 1. The lowest BCUT2D eigenvalue weighted by atomic mass is 9.94. The van der Waals surface area contributed by atoms with Crippen molar-refractivity contribution in [2.24, 2.45) is 0 Å². The van der Waals surface area contributed by atoms with Gasteiger partial charge in [0, 0.05) is 17.5 Å². The Balaban J connectivity index is 1.37. The molecule has 0 spiro atoms. The zero-order valence-corrected chi connectivity index (χ0v) is 18.7. The molecule has 6 nitrogen and oxygen atoms in total. The molecule has 1 saturated carbocycles. The first kappa shape index (κ1) is 22.0. The normalized spacial score (nSPS) is 16.7. The average molecular weight is 464 g/mol. The van der Waals surface area contributed by atoms with Crippen LogP contribution < -0.4 is 14.8 Å². The maximum Gasteiger partial charge on any atom is 0.586 e. The van der Waals surface area contributed by atoms with Gasteiger partial charge in [-0.25, -0.2) is 4.98 Å². The topological polar surface area (TPSA) is 77.5 Å². The van der Waals surface area contributed by atoms with Gasteiger partial charge in [0.1, 0.15) is 5.82 Å². The fraction of sp³-hybridized carbons (Fsp3) is 0.269. The van der Waals surface area contributed by atoms with Gasteiger partial charge >= 0.3 is 6.29 Å². The highest BCUT2D eigenvalue weighted by molar-refractivity contribution is 6.01. The van der Waals surface area contributed by atoms with E-state index in [9.17, 15) is 18.4 Å². The highest BCUT2D eigenvalue weighted by Gasteiger charge is 2.53. The van der Waals surface area contributed by atoms with E-state index < -0.39 is 11.7 Å². The van der Waals surface area contributed by atoms with Gasteiger partial charge in [0.05, 0.1) is 11.1 Å². The molecule has 0 radical (unpaired) electrons. The number of alkyl halides is 2. The van der Waals surface area contributed by atoms with Crippen molar-refractivity contribution in [1.29, 1.82) is 0 Å². The number of anilines is 1. The second kappa shape index (κ2) is 7.90. The zero-order chi connectivity index (χ0) is 24.1. The van der Waals surface area contributed by atoms with E-state index in [1.165, 1.54) is 12.1 Å². The van der Waals surface area contributed by atoms with Crippen LogP contribution in [-0.4, -0.2) is 23.0 Å². The monoisotopic (exact) mass is 464 g/mol. The van der Waals surface area contributed by atoms with Gasteiger partial charge in [-0.2, -0.15) is 0 Å². The molecule has 1 aromatic heterocycles. The quantitative estimate of drug-likeness (QED) is 0.478. The van der Waals surface area contributed by atoms with E-state index in [0.717, 1.165) is 11.1 Å². The Hall–Kier alpha value is -3.81. The van der Waals surface area contributed by atoms with Crippen molar-refractivity contribution in [1.82, 2.24) is 4.98 Å². The fourth-order valence-corrected chi connectivity index (χ4v) is 4.16. The van der Waals surface area contributed by atoms with Crippen molar-refractivity contribution in [3.63, 3.8) is 0 Å². The van der Waals surface area contributed by atoms with Crippen molar-refractivity contribution in [3.05, 3.63) is 71.3 Å². The number of fused-ring (bicyclic) bond motifs is 1. The first-order chi connectivity index (χ1) is 16.2. The number of carbonyl (C=O) groups is 2. The molecule has 8 heteroatoms. The SMILES string of the molecule is CCC(=O)c1ccc(-c2nc(NC(=O)C3(c4ccc5c(c4)OC(F)(F)O5)CC3)ccc2C)cc1. The summed E-state index contributed by atoms with van der Waals surface area (Å²) in [4.78, 5) is 29.7. The molecule has 2 heterocycles. The molecule has 0 unspecified atom stereocenters. The number of halogens is 2. The molecule has 1 fully saturated rings. The van der Waals surface area contributed by atoms with Crippen LogP contribution in [0.15, 0.2) is 54.6 Å². The lowest BCUT2D eigenvalue weighted by Gasteiger charge is -2.17. The summed E-state index contributed by atoms with van der Waals surface area (Å²) in [5.41, 5.74) is 2.86. The second-order valence-corrected chi connectivity index (χ2v) is 8.58. The van der Waals surface area contributed by atoms with E-state index in [4.69, 9.17) is 0 Å². The predicted molar refractivity (Wildman–Crippen MR) is 121 cm³/mol. The highest BCUT2D eigenvalue weighted by atomic mass is 19.3.